The van der Waals surface area contributed by atoms with Crippen molar-refractivity contribution in [2.75, 3.05) is 0 Å². The number of hydrogen-bond acceptors (Lipinski definition) is 2. The largest absolute Gasteiger partial charge is 0.217 e. The maximum absolute atomic E-state index is 4.81. The average Bonchev–Trinajstić information content (AvgIpc) is 3.14. The Morgan fingerprint density at radius 1 is 0.731 bits per heavy atom. The number of aromatic nitrogens is 3. The summed E-state index contributed by atoms with van der Waals surface area (Å²) in [5.74, 6) is 1.77. The fraction of sp³-hybridized carbons (Fsp3) is 0.130. The summed E-state index contributed by atoms with van der Waals surface area (Å²) in [4.78, 5) is 4.80. The lowest BCUT2D eigenvalue weighted by atomic mass is 10.1. The summed E-state index contributed by atoms with van der Waals surface area (Å²) in [6.45, 7) is 2.17. The van der Waals surface area contributed by atoms with E-state index in [-0.39, 0.29) is 0 Å². The van der Waals surface area contributed by atoms with Gasteiger partial charge in [0.1, 0.15) is 5.82 Å². The molecule has 1 aromatic heterocycles. The molecule has 3 nitrogen and oxygen atoms in total. The van der Waals surface area contributed by atoms with Gasteiger partial charge in [-0.25, -0.2) is 9.67 Å². The summed E-state index contributed by atoms with van der Waals surface area (Å²) in [7, 11) is 0. The Labute approximate surface area is 154 Å². The minimum absolute atomic E-state index is 0.777. The first-order valence-corrected chi connectivity index (χ1v) is 9.02. The molecule has 4 rings (SSSR count). The molecule has 0 amide bonds. The highest BCUT2D eigenvalue weighted by molar-refractivity contribution is 5.66. The van der Waals surface area contributed by atoms with Gasteiger partial charge in [0, 0.05) is 12.0 Å². The van der Waals surface area contributed by atoms with Crippen LogP contribution in [0.4, 0.5) is 0 Å². The van der Waals surface area contributed by atoms with E-state index in [9.17, 15) is 0 Å². The van der Waals surface area contributed by atoms with Crippen LogP contribution in [0.1, 0.15) is 19.2 Å². The highest BCUT2D eigenvalue weighted by Crippen LogP contribution is 2.24. The number of benzene rings is 3. The summed E-state index contributed by atoms with van der Waals surface area (Å²) < 4.78 is 1.98. The molecule has 0 fully saturated rings. The average molecular weight is 339 g/mol. The van der Waals surface area contributed by atoms with Crippen LogP contribution in [0.25, 0.3) is 28.2 Å². The molecule has 4 aromatic rings. The Morgan fingerprint density at radius 3 is 2.08 bits per heavy atom. The monoisotopic (exact) mass is 339 g/mol. The lowest BCUT2D eigenvalue weighted by molar-refractivity contribution is 0.759. The third kappa shape index (κ3) is 3.29. The van der Waals surface area contributed by atoms with Crippen LogP contribution in [0.5, 0.6) is 0 Å². The van der Waals surface area contributed by atoms with Gasteiger partial charge in [0.15, 0.2) is 5.82 Å². The molecule has 3 aromatic carbocycles. The Bertz CT molecular complexity index is 988. The fourth-order valence-corrected chi connectivity index (χ4v) is 3.09. The molecule has 0 unspecified atom stereocenters. The smallest absolute Gasteiger partial charge is 0.181 e. The highest BCUT2D eigenvalue weighted by Gasteiger charge is 2.13. The second kappa shape index (κ2) is 7.36. The first kappa shape index (κ1) is 16.3. The third-order valence-electron chi connectivity index (χ3n) is 4.38. The van der Waals surface area contributed by atoms with E-state index in [1.165, 1.54) is 11.1 Å². The van der Waals surface area contributed by atoms with Crippen LogP contribution >= 0.6 is 0 Å². The highest BCUT2D eigenvalue weighted by atomic mass is 15.3. The van der Waals surface area contributed by atoms with Crippen molar-refractivity contribution in [3.8, 4) is 28.2 Å². The summed E-state index contributed by atoms with van der Waals surface area (Å²) in [6, 6.07) is 29.1. The van der Waals surface area contributed by atoms with Crippen LogP contribution in [0.3, 0.4) is 0 Å². The number of hydrogen-bond donors (Lipinski definition) is 0. The molecule has 26 heavy (non-hydrogen) atoms. The van der Waals surface area contributed by atoms with Gasteiger partial charge in [-0.2, -0.15) is 0 Å². The zero-order chi connectivity index (χ0) is 17.8. The van der Waals surface area contributed by atoms with E-state index in [2.05, 4.69) is 67.6 Å². The topological polar surface area (TPSA) is 30.7 Å². The lowest BCUT2D eigenvalue weighted by Gasteiger charge is -2.08. The van der Waals surface area contributed by atoms with Crippen LogP contribution < -0.4 is 0 Å². The molecular formula is C23H21N3. The zero-order valence-electron chi connectivity index (χ0n) is 14.8. The minimum Gasteiger partial charge on any atom is -0.217 e. The van der Waals surface area contributed by atoms with Gasteiger partial charge in [-0.05, 0) is 29.7 Å². The molecular weight excluding hydrogens is 318 g/mol. The summed E-state index contributed by atoms with van der Waals surface area (Å²) in [5.41, 5.74) is 4.48. The summed E-state index contributed by atoms with van der Waals surface area (Å²) in [5, 5.41) is 4.81. The second-order valence-electron chi connectivity index (χ2n) is 6.30. The summed E-state index contributed by atoms with van der Waals surface area (Å²) in [6.07, 6.45) is 1.93. The molecule has 0 saturated carbocycles. The standard InChI is InChI=1S/C23H21N3/c1-2-10-22-24-23(19-13-7-4-8-14-19)25-26(22)21-16-9-15-20(17-21)18-11-5-3-6-12-18/h3-9,11-17H,2,10H2,1H3. The first-order valence-electron chi connectivity index (χ1n) is 9.02. The van der Waals surface area contributed by atoms with Crippen LogP contribution in [-0.4, -0.2) is 14.8 Å². The predicted molar refractivity (Wildman–Crippen MR) is 106 cm³/mol. The van der Waals surface area contributed by atoms with Crippen LogP contribution in [0.2, 0.25) is 0 Å². The lowest BCUT2D eigenvalue weighted by Crippen LogP contribution is -2.03. The molecule has 128 valence electrons. The van der Waals surface area contributed by atoms with Gasteiger partial charge in [-0.15, -0.1) is 5.10 Å². The molecule has 0 saturated heterocycles. The van der Waals surface area contributed by atoms with Gasteiger partial charge < -0.3 is 0 Å². The van der Waals surface area contributed by atoms with Gasteiger partial charge in [0.05, 0.1) is 5.69 Å². The molecule has 0 radical (unpaired) electrons. The van der Waals surface area contributed by atoms with Crippen molar-refractivity contribution in [3.05, 3.63) is 90.8 Å². The van der Waals surface area contributed by atoms with Crippen LogP contribution in [0, 0.1) is 0 Å². The number of rotatable bonds is 5. The van der Waals surface area contributed by atoms with Gasteiger partial charge in [-0.1, -0.05) is 79.7 Å². The molecule has 3 heteroatoms. The Kier molecular flexibility index (Phi) is 4.61. The van der Waals surface area contributed by atoms with Crippen molar-refractivity contribution in [2.24, 2.45) is 0 Å². The first-order chi connectivity index (χ1) is 12.8. The number of aryl methyl sites for hydroxylation is 1. The van der Waals surface area contributed by atoms with E-state index in [1.54, 1.807) is 0 Å². The van der Waals surface area contributed by atoms with Crippen molar-refractivity contribution in [3.63, 3.8) is 0 Å². The van der Waals surface area contributed by atoms with E-state index in [0.717, 1.165) is 35.7 Å². The zero-order valence-corrected chi connectivity index (χ0v) is 14.8. The molecule has 0 bridgehead atoms. The second-order valence-corrected chi connectivity index (χ2v) is 6.30. The van der Waals surface area contributed by atoms with Crippen molar-refractivity contribution < 1.29 is 0 Å². The molecule has 0 aliphatic carbocycles. The third-order valence-corrected chi connectivity index (χ3v) is 4.38. The minimum atomic E-state index is 0.777. The fourth-order valence-electron chi connectivity index (χ4n) is 3.09. The Balaban J connectivity index is 1.79. The molecule has 1 heterocycles. The molecule has 0 spiro atoms. The van der Waals surface area contributed by atoms with E-state index in [4.69, 9.17) is 10.1 Å². The van der Waals surface area contributed by atoms with E-state index in [0.29, 0.717) is 0 Å². The van der Waals surface area contributed by atoms with Crippen molar-refractivity contribution >= 4 is 0 Å². The van der Waals surface area contributed by atoms with Crippen LogP contribution in [0.15, 0.2) is 84.9 Å². The number of nitrogens with zero attached hydrogens (tertiary/aromatic N) is 3. The quantitative estimate of drug-likeness (QED) is 0.477. The van der Waals surface area contributed by atoms with E-state index >= 15 is 0 Å². The van der Waals surface area contributed by atoms with Crippen molar-refractivity contribution in [1.82, 2.24) is 14.8 Å². The predicted octanol–water partition coefficient (Wildman–Crippen LogP) is 5.55. The molecule has 0 aliphatic heterocycles. The van der Waals surface area contributed by atoms with Crippen LogP contribution in [-0.2, 0) is 6.42 Å². The van der Waals surface area contributed by atoms with Gasteiger partial charge in [0.25, 0.3) is 0 Å². The Morgan fingerprint density at radius 2 is 1.38 bits per heavy atom. The van der Waals surface area contributed by atoms with E-state index in [1.807, 2.05) is 28.9 Å². The normalized spacial score (nSPS) is 10.8. The molecule has 0 aliphatic rings. The summed E-state index contributed by atoms with van der Waals surface area (Å²) >= 11 is 0. The maximum Gasteiger partial charge on any atom is 0.181 e. The molecule has 0 atom stereocenters. The maximum atomic E-state index is 4.81. The Hall–Kier alpha value is -3.20. The van der Waals surface area contributed by atoms with Gasteiger partial charge >= 0.3 is 0 Å². The molecule has 0 N–H and O–H groups in total. The SMILES string of the molecule is CCCc1nc(-c2ccccc2)nn1-c1cccc(-c2ccccc2)c1. The van der Waals surface area contributed by atoms with Gasteiger partial charge in [0.2, 0.25) is 0 Å². The van der Waals surface area contributed by atoms with Crippen molar-refractivity contribution in [2.45, 2.75) is 19.8 Å². The van der Waals surface area contributed by atoms with Gasteiger partial charge in [-0.3, -0.25) is 0 Å². The van der Waals surface area contributed by atoms with Crippen molar-refractivity contribution in [1.29, 1.82) is 0 Å². The van der Waals surface area contributed by atoms with E-state index < -0.39 is 0 Å².